The van der Waals surface area contributed by atoms with Gasteiger partial charge in [-0.3, -0.25) is 9.79 Å². The highest BCUT2D eigenvalue weighted by Gasteiger charge is 2.78. The third-order valence-electron chi connectivity index (χ3n) is 6.86. The summed E-state index contributed by atoms with van der Waals surface area (Å²) in [6.45, 7) is 0. The zero-order chi connectivity index (χ0) is 19.1. The van der Waals surface area contributed by atoms with E-state index in [1.54, 1.807) is 19.2 Å². The molecule has 1 aromatic rings. The Morgan fingerprint density at radius 3 is 2.41 bits per heavy atom. The Labute approximate surface area is 162 Å². The Kier molecular flexibility index (Phi) is 3.88. The third-order valence-corrected chi connectivity index (χ3v) is 7.78. The molecule has 148 valence electrons. The van der Waals surface area contributed by atoms with Gasteiger partial charge in [0.25, 0.3) is 5.79 Å². The molecule has 27 heavy (non-hydrogen) atoms. The van der Waals surface area contributed by atoms with Crippen molar-refractivity contribution < 1.29 is 33.4 Å². The first kappa shape index (κ1) is 18.4. The van der Waals surface area contributed by atoms with Gasteiger partial charge in [-0.15, -0.1) is 11.6 Å². The molecule has 1 heterocycles. The lowest BCUT2D eigenvalue weighted by atomic mass is 9.46. The number of methoxy groups -OCH3 is 1. The van der Waals surface area contributed by atoms with E-state index in [1.807, 2.05) is 6.07 Å². The molecule has 5 unspecified atom stereocenters. The van der Waals surface area contributed by atoms with Crippen LogP contribution >= 0.6 is 19.4 Å². The van der Waals surface area contributed by atoms with Gasteiger partial charge in [0, 0.05) is 17.5 Å². The number of halogens is 1. The highest BCUT2D eigenvalue weighted by molar-refractivity contribution is 7.46. The Hall–Kier alpha value is -0.660. The van der Waals surface area contributed by atoms with Crippen LogP contribution in [0.2, 0.25) is 0 Å². The molecule has 4 saturated carbocycles. The fourth-order valence-corrected chi connectivity index (χ4v) is 7.22. The van der Waals surface area contributed by atoms with Crippen LogP contribution in [0.1, 0.15) is 37.7 Å². The number of hydrogen-bond donors (Lipinski definition) is 2. The largest absolute Gasteiger partial charge is 0.524 e. The number of benzene rings is 1. The van der Waals surface area contributed by atoms with Crippen LogP contribution in [0.25, 0.3) is 0 Å². The lowest BCUT2D eigenvalue weighted by Crippen LogP contribution is -2.78. The van der Waals surface area contributed by atoms with Crippen molar-refractivity contribution in [1.82, 2.24) is 0 Å². The van der Waals surface area contributed by atoms with Crippen LogP contribution in [0, 0.1) is 17.8 Å². The van der Waals surface area contributed by atoms with E-state index in [1.165, 1.54) is 6.07 Å². The van der Waals surface area contributed by atoms with Gasteiger partial charge in [0.05, 0.1) is 0 Å². The molecular weight excluding hydrogens is 395 g/mol. The van der Waals surface area contributed by atoms with Crippen LogP contribution in [0.15, 0.2) is 24.3 Å². The number of alkyl halides is 1. The average Bonchev–Trinajstić information content (AvgIpc) is 2.52. The molecule has 1 aromatic carbocycles. The SMILES string of the molecule is COC1(c2cccc(OP(=O)(O)O)c2)OOC12C1CC3C[C@@H]2CC(Cl)(C3)C1. The monoisotopic (exact) mass is 416 g/mol. The van der Waals surface area contributed by atoms with Crippen molar-refractivity contribution in [2.45, 2.75) is 48.4 Å². The van der Waals surface area contributed by atoms with E-state index in [-0.39, 0.29) is 22.5 Å². The van der Waals surface area contributed by atoms with Gasteiger partial charge in [0.15, 0.2) is 5.60 Å². The van der Waals surface area contributed by atoms with E-state index >= 15 is 0 Å². The summed E-state index contributed by atoms with van der Waals surface area (Å²) in [5.41, 5.74) is -0.0176. The van der Waals surface area contributed by atoms with Gasteiger partial charge in [0.1, 0.15) is 5.75 Å². The van der Waals surface area contributed by atoms with Crippen LogP contribution in [-0.4, -0.2) is 27.4 Å². The minimum atomic E-state index is -4.66. The zero-order valence-electron chi connectivity index (χ0n) is 14.8. The van der Waals surface area contributed by atoms with Crippen molar-refractivity contribution in [2.75, 3.05) is 7.11 Å². The van der Waals surface area contributed by atoms with E-state index in [0.29, 0.717) is 11.5 Å². The van der Waals surface area contributed by atoms with E-state index in [4.69, 9.17) is 40.4 Å². The molecule has 9 heteroatoms. The average molecular weight is 417 g/mol. The van der Waals surface area contributed by atoms with Crippen molar-refractivity contribution in [2.24, 2.45) is 17.8 Å². The Balaban J connectivity index is 1.56. The van der Waals surface area contributed by atoms with Crippen molar-refractivity contribution in [3.8, 4) is 5.75 Å². The van der Waals surface area contributed by atoms with Gasteiger partial charge < -0.3 is 9.26 Å². The maximum Gasteiger partial charge on any atom is 0.524 e. The van der Waals surface area contributed by atoms with Crippen molar-refractivity contribution in [1.29, 1.82) is 0 Å². The smallest absolute Gasteiger partial charge is 0.404 e. The topological polar surface area (TPSA) is 94.5 Å². The maximum absolute atomic E-state index is 11.2. The van der Waals surface area contributed by atoms with Crippen LogP contribution in [0.3, 0.4) is 0 Å². The molecule has 6 atom stereocenters. The molecule has 4 aliphatic carbocycles. The summed E-state index contributed by atoms with van der Waals surface area (Å²) in [7, 11) is -3.09. The maximum atomic E-state index is 11.2. The minimum Gasteiger partial charge on any atom is -0.404 e. The summed E-state index contributed by atoms with van der Waals surface area (Å²) < 4.78 is 21.9. The van der Waals surface area contributed by atoms with Gasteiger partial charge in [-0.25, -0.2) is 9.45 Å². The quantitative estimate of drug-likeness (QED) is 0.441. The van der Waals surface area contributed by atoms with Crippen molar-refractivity contribution in [3.05, 3.63) is 29.8 Å². The minimum absolute atomic E-state index is 0.0561. The molecule has 1 spiro atoms. The molecule has 0 aromatic heterocycles. The molecule has 1 saturated heterocycles. The standard InChI is InChI=1S/C18H22ClO7P/c1-23-18(12-3-2-4-15(7-12)24-27(20,21)22)17(25-26-18)13-5-11-6-14(17)10-16(19,8-11)9-13/h2-4,7,11,13-14H,5-6,8-10H2,1H3,(H2,20,21,22)/t11?,13-,14?,16?,17?,18?/m1/s1. The molecule has 1 aliphatic heterocycles. The van der Waals surface area contributed by atoms with Gasteiger partial charge >= 0.3 is 7.82 Å². The number of phosphoric ester groups is 1. The molecule has 0 radical (unpaired) electrons. The second-order valence-electron chi connectivity index (χ2n) is 8.38. The van der Waals surface area contributed by atoms with Gasteiger partial charge in [0.2, 0.25) is 0 Å². The normalized spacial score (nSPS) is 45.1. The summed E-state index contributed by atoms with van der Waals surface area (Å²) in [5.74, 6) is -0.0613. The summed E-state index contributed by atoms with van der Waals surface area (Å²) in [6, 6.07) is 6.51. The van der Waals surface area contributed by atoms with E-state index < -0.39 is 19.2 Å². The molecule has 7 nitrogen and oxygen atoms in total. The number of phosphoric acid groups is 1. The van der Waals surface area contributed by atoms with Crippen LogP contribution in [0.5, 0.6) is 5.75 Å². The Bertz CT molecular complexity index is 806. The summed E-state index contributed by atoms with van der Waals surface area (Å²) in [6.07, 6.45) is 4.82. The summed E-state index contributed by atoms with van der Waals surface area (Å²) in [4.78, 5) is 29.6. The van der Waals surface area contributed by atoms with Gasteiger partial charge in [-0.05, 0) is 62.0 Å². The van der Waals surface area contributed by atoms with Crippen LogP contribution < -0.4 is 4.52 Å². The fourth-order valence-electron chi connectivity index (χ4n) is 6.24. The fraction of sp³-hybridized carbons (Fsp3) is 0.667. The molecule has 0 amide bonds. The second-order valence-corrected chi connectivity index (χ2v) is 10.4. The summed E-state index contributed by atoms with van der Waals surface area (Å²) in [5, 5.41) is 0. The molecule has 5 fully saturated rings. The predicted molar refractivity (Wildman–Crippen MR) is 94.8 cm³/mol. The first-order valence-electron chi connectivity index (χ1n) is 9.16. The van der Waals surface area contributed by atoms with Crippen molar-refractivity contribution >= 4 is 19.4 Å². The third kappa shape index (κ3) is 2.50. The van der Waals surface area contributed by atoms with Gasteiger partial charge in [-0.1, -0.05) is 12.1 Å². The van der Waals surface area contributed by atoms with Gasteiger partial charge in [-0.2, -0.15) is 4.89 Å². The lowest BCUT2D eigenvalue weighted by Gasteiger charge is -2.70. The number of rotatable bonds is 4. The Morgan fingerprint density at radius 1 is 1.19 bits per heavy atom. The highest BCUT2D eigenvalue weighted by Crippen LogP contribution is 2.71. The van der Waals surface area contributed by atoms with E-state index in [0.717, 1.165) is 32.1 Å². The predicted octanol–water partition coefficient (Wildman–Crippen LogP) is 3.48. The number of ether oxygens (including phenoxy) is 1. The van der Waals surface area contributed by atoms with Crippen LogP contribution in [0.4, 0.5) is 0 Å². The lowest BCUT2D eigenvalue weighted by molar-refractivity contribution is -0.645. The molecule has 5 aliphatic rings. The highest BCUT2D eigenvalue weighted by atomic mass is 35.5. The van der Waals surface area contributed by atoms with Crippen molar-refractivity contribution in [3.63, 3.8) is 0 Å². The molecular formula is C18H22ClO7P. The van der Waals surface area contributed by atoms with E-state index in [2.05, 4.69) is 0 Å². The molecule has 6 rings (SSSR count). The Morgan fingerprint density at radius 2 is 1.89 bits per heavy atom. The van der Waals surface area contributed by atoms with Crippen LogP contribution in [-0.2, 0) is 24.9 Å². The van der Waals surface area contributed by atoms with E-state index in [9.17, 15) is 4.57 Å². The first-order valence-corrected chi connectivity index (χ1v) is 11.1. The second kappa shape index (κ2) is 5.70. The molecule has 4 bridgehead atoms. The first-order chi connectivity index (χ1) is 12.7. The number of hydrogen-bond acceptors (Lipinski definition) is 5. The molecule has 2 N–H and O–H groups in total. The summed E-state index contributed by atoms with van der Waals surface area (Å²) >= 11 is 6.88. The zero-order valence-corrected chi connectivity index (χ0v) is 16.5.